The Balaban J connectivity index is 2.20. The highest BCUT2D eigenvalue weighted by molar-refractivity contribution is 7.11. The topological polar surface area (TPSA) is 71.0 Å². The first-order valence-electron chi connectivity index (χ1n) is 6.79. The predicted octanol–water partition coefficient (Wildman–Crippen LogP) is 4.51. The molecule has 2 aromatic carbocycles. The lowest BCUT2D eigenvalue weighted by molar-refractivity contribution is 0.103. The van der Waals surface area contributed by atoms with Gasteiger partial charge in [-0.2, -0.15) is 10.4 Å². The third-order valence-electron chi connectivity index (χ3n) is 3.13. The maximum absolute atomic E-state index is 12.6. The summed E-state index contributed by atoms with van der Waals surface area (Å²) in [6.45, 7) is 0. The number of aromatic nitrogens is 2. The number of hydrogen-bond acceptors (Lipinski definition) is 5. The van der Waals surface area contributed by atoms with Gasteiger partial charge in [-0.1, -0.05) is 76.5 Å². The molecular weight excluding hydrogens is 403 g/mol. The van der Waals surface area contributed by atoms with Crippen molar-refractivity contribution in [2.45, 2.75) is 0 Å². The van der Waals surface area contributed by atoms with E-state index in [1.807, 2.05) is 6.07 Å². The number of carbonyl (C=O) groups excluding carboxylic acids is 1. The van der Waals surface area contributed by atoms with E-state index in [0.29, 0.717) is 16.3 Å². The Morgan fingerprint density at radius 2 is 1.80 bits per heavy atom. The predicted molar refractivity (Wildman–Crippen MR) is 97.5 cm³/mol. The average Bonchev–Trinajstić information content (AvgIpc) is 2.98. The number of ketones is 1. The van der Waals surface area contributed by atoms with Gasteiger partial charge >= 0.3 is 0 Å². The van der Waals surface area contributed by atoms with Crippen molar-refractivity contribution in [3.63, 3.8) is 0 Å². The van der Waals surface area contributed by atoms with Gasteiger partial charge in [-0.3, -0.25) is 4.79 Å². The quantitative estimate of drug-likeness (QED) is 0.472. The van der Waals surface area contributed by atoms with E-state index in [2.05, 4.69) is 10.1 Å². The van der Waals surface area contributed by atoms with Gasteiger partial charge in [0.05, 0.1) is 10.0 Å². The molecule has 9 heteroatoms. The van der Waals surface area contributed by atoms with E-state index in [0.717, 1.165) is 11.3 Å². The minimum atomic E-state index is -0.292. The molecule has 3 aromatic rings. The zero-order valence-corrected chi connectivity index (χ0v) is 15.4. The van der Waals surface area contributed by atoms with Crippen molar-refractivity contribution < 1.29 is 4.79 Å². The van der Waals surface area contributed by atoms with Gasteiger partial charge in [-0.05, 0) is 12.1 Å². The number of halogens is 3. The molecule has 5 nitrogen and oxygen atoms in total. The monoisotopic (exact) mass is 408 g/mol. The van der Waals surface area contributed by atoms with Crippen molar-refractivity contribution in [3.8, 4) is 11.9 Å². The first-order valence-corrected chi connectivity index (χ1v) is 8.74. The third kappa shape index (κ3) is 3.60. The van der Waals surface area contributed by atoms with Gasteiger partial charge in [0, 0.05) is 10.6 Å². The van der Waals surface area contributed by atoms with Gasteiger partial charge < -0.3 is 0 Å². The van der Waals surface area contributed by atoms with Crippen LogP contribution in [0.4, 0.5) is 0 Å². The molecule has 0 saturated heterocycles. The molecule has 124 valence electrons. The van der Waals surface area contributed by atoms with Crippen LogP contribution in [-0.2, 0) is 0 Å². The highest BCUT2D eigenvalue weighted by Crippen LogP contribution is 2.31. The van der Waals surface area contributed by atoms with Crippen molar-refractivity contribution in [2.24, 2.45) is 4.99 Å². The smallest absolute Gasteiger partial charge is 0.224 e. The third-order valence-corrected chi connectivity index (χ3v) is 4.83. The average molecular weight is 410 g/mol. The molecule has 25 heavy (non-hydrogen) atoms. The fourth-order valence-corrected chi connectivity index (χ4v) is 3.87. The van der Waals surface area contributed by atoms with E-state index >= 15 is 0 Å². The summed E-state index contributed by atoms with van der Waals surface area (Å²) in [5.74, 6) is -0.292. The molecule has 0 radical (unpaired) electrons. The summed E-state index contributed by atoms with van der Waals surface area (Å²) in [4.78, 5) is 16.5. The normalized spacial score (nSPS) is 11.4. The van der Waals surface area contributed by atoms with Gasteiger partial charge in [-0.15, -0.1) is 4.99 Å². The molecule has 0 amide bonds. The lowest BCUT2D eigenvalue weighted by Gasteiger charge is -2.07. The van der Waals surface area contributed by atoms with Crippen LogP contribution in [0.5, 0.6) is 0 Å². The Labute approximate surface area is 161 Å². The molecule has 0 atom stereocenters. The fraction of sp³-hybridized carbons (Fsp3) is 0. The summed E-state index contributed by atoms with van der Waals surface area (Å²) < 4.78 is 1.27. The minimum Gasteiger partial charge on any atom is -0.286 e. The number of nitriles is 1. The number of carbonyl (C=O) groups is 1. The molecule has 0 aliphatic carbocycles. The SMILES string of the molecule is N#CN=c1sc(C(=O)c2ccccc2)nn1-c1c(Cl)cc(Cl)cc1Cl. The second-order valence-corrected chi connectivity index (χ2v) is 6.93. The van der Waals surface area contributed by atoms with Crippen LogP contribution in [-0.4, -0.2) is 15.6 Å². The number of nitrogens with zero attached hydrogens (tertiary/aromatic N) is 4. The Morgan fingerprint density at radius 1 is 1.16 bits per heavy atom. The summed E-state index contributed by atoms with van der Waals surface area (Å²) in [5, 5.41) is 14.1. The summed E-state index contributed by atoms with van der Waals surface area (Å²) in [6.07, 6.45) is 1.69. The standard InChI is InChI=1S/C16H7Cl3N4OS/c17-10-6-11(18)13(12(19)7-10)23-16(21-8-20)25-15(22-23)14(24)9-4-2-1-3-5-9/h1-7H. The molecule has 1 aromatic heterocycles. The van der Waals surface area contributed by atoms with Crippen LogP contribution in [0, 0.1) is 11.5 Å². The molecule has 1 heterocycles. The van der Waals surface area contributed by atoms with Gasteiger partial charge in [-0.25, -0.2) is 4.68 Å². The first kappa shape index (κ1) is 17.6. The van der Waals surface area contributed by atoms with E-state index in [9.17, 15) is 4.79 Å². The molecule has 0 spiro atoms. The van der Waals surface area contributed by atoms with Gasteiger partial charge in [0.2, 0.25) is 16.8 Å². The van der Waals surface area contributed by atoms with E-state index in [4.69, 9.17) is 40.1 Å². The van der Waals surface area contributed by atoms with Crippen LogP contribution < -0.4 is 4.80 Å². The maximum atomic E-state index is 12.6. The Kier molecular flexibility index (Phi) is 5.21. The van der Waals surface area contributed by atoms with Crippen LogP contribution in [0.25, 0.3) is 5.69 Å². The van der Waals surface area contributed by atoms with Gasteiger partial charge in [0.15, 0.2) is 5.01 Å². The first-order chi connectivity index (χ1) is 12.0. The Hall–Kier alpha value is -2.17. The number of hydrogen-bond donors (Lipinski definition) is 0. The Bertz CT molecular complexity index is 1040. The molecule has 0 N–H and O–H groups in total. The van der Waals surface area contributed by atoms with Crippen molar-refractivity contribution in [2.75, 3.05) is 0 Å². The second-order valence-electron chi connectivity index (χ2n) is 4.73. The van der Waals surface area contributed by atoms with E-state index in [1.165, 1.54) is 16.8 Å². The van der Waals surface area contributed by atoms with Gasteiger partial charge in [0.25, 0.3) is 0 Å². The molecule has 0 aliphatic heterocycles. The van der Waals surface area contributed by atoms with Crippen LogP contribution >= 0.6 is 46.1 Å². The van der Waals surface area contributed by atoms with Crippen LogP contribution in [0.3, 0.4) is 0 Å². The lowest BCUT2D eigenvalue weighted by atomic mass is 10.1. The molecule has 0 aliphatic rings. The van der Waals surface area contributed by atoms with Crippen molar-refractivity contribution in [1.82, 2.24) is 9.78 Å². The maximum Gasteiger partial charge on any atom is 0.224 e. The largest absolute Gasteiger partial charge is 0.286 e. The van der Waals surface area contributed by atoms with E-state index < -0.39 is 0 Å². The molecule has 0 unspecified atom stereocenters. The van der Waals surface area contributed by atoms with Crippen LogP contribution in [0.15, 0.2) is 47.5 Å². The Morgan fingerprint density at radius 3 is 2.40 bits per heavy atom. The minimum absolute atomic E-state index is 0.155. The van der Waals surface area contributed by atoms with Crippen LogP contribution in [0.1, 0.15) is 15.4 Å². The molecule has 0 saturated carbocycles. The second kappa shape index (κ2) is 7.38. The molecule has 0 fully saturated rings. The summed E-state index contributed by atoms with van der Waals surface area (Å²) in [6, 6.07) is 11.7. The zero-order valence-electron chi connectivity index (χ0n) is 12.3. The van der Waals surface area contributed by atoms with Crippen molar-refractivity contribution in [1.29, 1.82) is 5.26 Å². The fourth-order valence-electron chi connectivity index (χ4n) is 2.08. The van der Waals surface area contributed by atoms with Crippen molar-refractivity contribution in [3.05, 3.63) is 72.9 Å². The summed E-state index contributed by atoms with van der Waals surface area (Å²) in [5.41, 5.74) is 0.769. The van der Waals surface area contributed by atoms with E-state index in [1.54, 1.807) is 30.5 Å². The summed E-state index contributed by atoms with van der Waals surface area (Å²) >= 11 is 19.3. The highest BCUT2D eigenvalue weighted by atomic mass is 35.5. The lowest BCUT2D eigenvalue weighted by Crippen LogP contribution is -2.15. The molecule has 3 rings (SSSR count). The number of rotatable bonds is 3. The van der Waals surface area contributed by atoms with Crippen LogP contribution in [0.2, 0.25) is 15.1 Å². The van der Waals surface area contributed by atoms with Crippen molar-refractivity contribution >= 4 is 51.9 Å². The molecule has 0 bridgehead atoms. The summed E-state index contributed by atoms with van der Waals surface area (Å²) in [7, 11) is 0. The number of benzene rings is 2. The zero-order chi connectivity index (χ0) is 18.0. The van der Waals surface area contributed by atoms with E-state index in [-0.39, 0.29) is 25.6 Å². The molecular formula is C16H7Cl3N4OS. The highest BCUT2D eigenvalue weighted by Gasteiger charge is 2.19. The van der Waals surface area contributed by atoms with Gasteiger partial charge in [0.1, 0.15) is 5.69 Å².